The Kier molecular flexibility index (Phi) is 3.18. The lowest BCUT2D eigenvalue weighted by Gasteiger charge is -2.06. The molecule has 1 fully saturated rings. The lowest BCUT2D eigenvalue weighted by atomic mass is 10.1. The van der Waals surface area contributed by atoms with Crippen molar-refractivity contribution in [2.75, 3.05) is 5.32 Å². The van der Waals surface area contributed by atoms with E-state index in [9.17, 15) is 4.79 Å². The van der Waals surface area contributed by atoms with Crippen LogP contribution < -0.4 is 5.32 Å². The van der Waals surface area contributed by atoms with Crippen LogP contribution in [0.1, 0.15) is 23.5 Å². The molecule has 20 heavy (non-hydrogen) atoms. The second kappa shape index (κ2) is 5.14. The standard InChI is InChI=1S/C16H13N3O/c17-9-12-10-18-7-6-15(12)19-16(20)14-8-13(14)11-4-2-1-3-5-11/h1-7,10,13-14H,8H2,(H,18,19,20)/t13-,14+/m0/s1. The molecule has 2 aromatic rings. The van der Waals surface area contributed by atoms with E-state index in [4.69, 9.17) is 5.26 Å². The molecule has 0 radical (unpaired) electrons. The van der Waals surface area contributed by atoms with E-state index in [-0.39, 0.29) is 11.8 Å². The minimum Gasteiger partial charge on any atom is -0.325 e. The molecule has 1 amide bonds. The summed E-state index contributed by atoms with van der Waals surface area (Å²) in [6.07, 6.45) is 3.89. The lowest BCUT2D eigenvalue weighted by Crippen LogP contribution is -2.15. The maximum atomic E-state index is 12.2. The Labute approximate surface area is 117 Å². The van der Waals surface area contributed by atoms with E-state index >= 15 is 0 Å². The van der Waals surface area contributed by atoms with Gasteiger partial charge < -0.3 is 5.32 Å². The van der Waals surface area contributed by atoms with Crippen LogP contribution in [0.3, 0.4) is 0 Å². The van der Waals surface area contributed by atoms with Gasteiger partial charge in [-0.3, -0.25) is 9.78 Å². The van der Waals surface area contributed by atoms with Gasteiger partial charge in [0.2, 0.25) is 5.91 Å². The number of benzene rings is 1. The monoisotopic (exact) mass is 263 g/mol. The minimum absolute atomic E-state index is 0.00268. The SMILES string of the molecule is N#Cc1cnccc1NC(=O)[C@@H]1C[C@H]1c1ccccc1. The summed E-state index contributed by atoms with van der Waals surface area (Å²) in [4.78, 5) is 16.1. The van der Waals surface area contributed by atoms with Crippen LogP contribution in [0.4, 0.5) is 5.69 Å². The summed E-state index contributed by atoms with van der Waals surface area (Å²) in [6.45, 7) is 0. The molecule has 0 bridgehead atoms. The maximum absolute atomic E-state index is 12.2. The summed E-state index contributed by atoms with van der Waals surface area (Å²) in [5, 5.41) is 11.8. The van der Waals surface area contributed by atoms with Crippen molar-refractivity contribution in [3.8, 4) is 6.07 Å². The minimum atomic E-state index is -0.0263. The number of carbonyl (C=O) groups excluding carboxylic acids is 1. The van der Waals surface area contributed by atoms with Crippen LogP contribution in [-0.4, -0.2) is 10.9 Å². The zero-order chi connectivity index (χ0) is 13.9. The Hall–Kier alpha value is -2.67. The van der Waals surface area contributed by atoms with E-state index in [2.05, 4.69) is 10.3 Å². The highest BCUT2D eigenvalue weighted by Gasteiger charge is 2.43. The van der Waals surface area contributed by atoms with Gasteiger partial charge in [-0.05, 0) is 24.0 Å². The molecule has 1 N–H and O–H groups in total. The van der Waals surface area contributed by atoms with Gasteiger partial charge in [-0.1, -0.05) is 30.3 Å². The average molecular weight is 263 g/mol. The first-order chi connectivity index (χ1) is 9.79. The fraction of sp³-hybridized carbons (Fsp3) is 0.188. The Balaban J connectivity index is 1.69. The topological polar surface area (TPSA) is 65.8 Å². The quantitative estimate of drug-likeness (QED) is 0.925. The Morgan fingerprint density at radius 2 is 2.10 bits per heavy atom. The first-order valence-corrected chi connectivity index (χ1v) is 6.49. The number of anilines is 1. The van der Waals surface area contributed by atoms with E-state index in [0.717, 1.165) is 6.42 Å². The van der Waals surface area contributed by atoms with E-state index < -0.39 is 0 Å². The number of hydrogen-bond donors (Lipinski definition) is 1. The van der Waals surface area contributed by atoms with Crippen molar-refractivity contribution in [2.24, 2.45) is 5.92 Å². The molecule has 98 valence electrons. The maximum Gasteiger partial charge on any atom is 0.228 e. The van der Waals surface area contributed by atoms with Gasteiger partial charge in [0.1, 0.15) is 6.07 Å². The number of rotatable bonds is 3. The lowest BCUT2D eigenvalue weighted by molar-refractivity contribution is -0.117. The largest absolute Gasteiger partial charge is 0.325 e. The molecule has 1 aromatic heterocycles. The number of nitriles is 1. The Bertz CT molecular complexity index is 676. The predicted octanol–water partition coefficient (Wildman–Crippen LogP) is 2.70. The third-order valence-electron chi connectivity index (χ3n) is 3.55. The van der Waals surface area contributed by atoms with Crippen LogP contribution in [0, 0.1) is 17.2 Å². The average Bonchev–Trinajstić information content (AvgIpc) is 3.29. The zero-order valence-electron chi connectivity index (χ0n) is 10.8. The summed E-state index contributed by atoms with van der Waals surface area (Å²) in [5.41, 5.74) is 2.12. The molecule has 4 nitrogen and oxygen atoms in total. The van der Waals surface area contributed by atoms with Crippen LogP contribution in [0.15, 0.2) is 48.8 Å². The molecule has 4 heteroatoms. The van der Waals surface area contributed by atoms with E-state index in [1.165, 1.54) is 11.8 Å². The summed E-state index contributed by atoms with van der Waals surface area (Å²) in [6, 6.07) is 13.7. The molecule has 2 atom stereocenters. The molecule has 1 saturated carbocycles. The van der Waals surface area contributed by atoms with Crippen molar-refractivity contribution < 1.29 is 4.79 Å². The van der Waals surface area contributed by atoms with Gasteiger partial charge in [-0.25, -0.2) is 0 Å². The number of pyridine rings is 1. The summed E-state index contributed by atoms with van der Waals surface area (Å²) in [7, 11) is 0. The molecule has 0 saturated heterocycles. The number of hydrogen-bond acceptors (Lipinski definition) is 3. The molecule has 3 rings (SSSR count). The highest BCUT2D eigenvalue weighted by molar-refractivity contribution is 5.96. The predicted molar refractivity (Wildman–Crippen MR) is 74.9 cm³/mol. The molecule has 1 aliphatic rings. The fourth-order valence-electron chi connectivity index (χ4n) is 2.37. The van der Waals surface area contributed by atoms with Crippen LogP contribution >= 0.6 is 0 Å². The van der Waals surface area contributed by atoms with Crippen LogP contribution in [0.25, 0.3) is 0 Å². The molecular formula is C16H13N3O. The smallest absolute Gasteiger partial charge is 0.228 e. The van der Waals surface area contributed by atoms with Gasteiger partial charge in [0.05, 0.1) is 11.3 Å². The third kappa shape index (κ3) is 2.39. The first-order valence-electron chi connectivity index (χ1n) is 6.49. The first kappa shape index (κ1) is 12.4. The Morgan fingerprint density at radius 1 is 1.30 bits per heavy atom. The van der Waals surface area contributed by atoms with Gasteiger partial charge in [0.15, 0.2) is 0 Å². The van der Waals surface area contributed by atoms with Crippen molar-refractivity contribution in [2.45, 2.75) is 12.3 Å². The van der Waals surface area contributed by atoms with Crippen molar-refractivity contribution >= 4 is 11.6 Å². The van der Waals surface area contributed by atoms with E-state index in [1.54, 1.807) is 12.3 Å². The van der Waals surface area contributed by atoms with Gasteiger partial charge >= 0.3 is 0 Å². The van der Waals surface area contributed by atoms with E-state index in [0.29, 0.717) is 17.2 Å². The summed E-state index contributed by atoms with van der Waals surface area (Å²) in [5.74, 6) is 0.266. The van der Waals surface area contributed by atoms with Crippen molar-refractivity contribution in [3.63, 3.8) is 0 Å². The molecule has 1 aromatic carbocycles. The fourth-order valence-corrected chi connectivity index (χ4v) is 2.37. The number of nitrogens with one attached hydrogen (secondary N) is 1. The number of amides is 1. The number of nitrogens with zero attached hydrogens (tertiary/aromatic N) is 2. The van der Waals surface area contributed by atoms with Gasteiger partial charge in [0.25, 0.3) is 0 Å². The molecule has 1 heterocycles. The molecular weight excluding hydrogens is 250 g/mol. The summed E-state index contributed by atoms with van der Waals surface area (Å²) < 4.78 is 0. The third-order valence-corrected chi connectivity index (χ3v) is 3.55. The van der Waals surface area contributed by atoms with Crippen LogP contribution in [-0.2, 0) is 4.79 Å². The Morgan fingerprint density at radius 3 is 2.85 bits per heavy atom. The highest BCUT2D eigenvalue weighted by atomic mass is 16.2. The number of carbonyl (C=O) groups is 1. The molecule has 0 unspecified atom stereocenters. The van der Waals surface area contributed by atoms with Crippen molar-refractivity contribution in [1.29, 1.82) is 5.26 Å². The normalized spacial score (nSPS) is 19.9. The van der Waals surface area contributed by atoms with Crippen LogP contribution in [0.2, 0.25) is 0 Å². The second-order valence-electron chi connectivity index (χ2n) is 4.88. The van der Waals surface area contributed by atoms with Crippen molar-refractivity contribution in [3.05, 3.63) is 59.9 Å². The molecule has 0 spiro atoms. The van der Waals surface area contributed by atoms with Gasteiger partial charge in [-0.15, -0.1) is 0 Å². The summed E-state index contributed by atoms with van der Waals surface area (Å²) >= 11 is 0. The number of aromatic nitrogens is 1. The molecule has 0 aliphatic heterocycles. The van der Waals surface area contributed by atoms with Crippen molar-refractivity contribution in [1.82, 2.24) is 4.98 Å². The zero-order valence-corrected chi connectivity index (χ0v) is 10.8. The highest BCUT2D eigenvalue weighted by Crippen LogP contribution is 2.47. The van der Waals surface area contributed by atoms with Gasteiger partial charge in [-0.2, -0.15) is 5.26 Å². The second-order valence-corrected chi connectivity index (χ2v) is 4.88. The molecule has 1 aliphatic carbocycles. The van der Waals surface area contributed by atoms with Gasteiger partial charge in [0, 0.05) is 18.3 Å². The van der Waals surface area contributed by atoms with Crippen LogP contribution in [0.5, 0.6) is 0 Å². The van der Waals surface area contributed by atoms with E-state index in [1.807, 2.05) is 36.4 Å².